The minimum Gasteiger partial charge on any atom is -0.312 e. The predicted molar refractivity (Wildman–Crippen MR) is 248 cm³/mol. The molecule has 0 saturated heterocycles. The van der Waals surface area contributed by atoms with Crippen LogP contribution >= 0.6 is 0 Å². The van der Waals surface area contributed by atoms with E-state index in [0.717, 1.165) is 18.4 Å². The third-order valence-corrected chi connectivity index (χ3v) is 12.1. The van der Waals surface area contributed by atoms with Gasteiger partial charge in [0.05, 0.1) is 11.2 Å². The average molecular weight is 752 g/mol. The van der Waals surface area contributed by atoms with Gasteiger partial charge in [0.1, 0.15) is 0 Å². The fourth-order valence-corrected chi connectivity index (χ4v) is 8.40. The summed E-state index contributed by atoms with van der Waals surface area (Å²) in [6.07, 6.45) is 4.47. The van der Waals surface area contributed by atoms with Crippen LogP contribution in [-0.4, -0.2) is 4.57 Å². The lowest BCUT2D eigenvalue weighted by Gasteiger charge is -2.27. The van der Waals surface area contributed by atoms with E-state index in [1.54, 1.807) is 0 Å². The molecule has 0 fully saturated rings. The molecule has 1 aliphatic carbocycles. The zero-order valence-corrected chi connectivity index (χ0v) is 37.6. The van der Waals surface area contributed by atoms with Crippen molar-refractivity contribution in [1.29, 1.82) is 0 Å². The quantitative estimate of drug-likeness (QED) is 0.169. The van der Waals surface area contributed by atoms with Gasteiger partial charge in [0, 0.05) is 27.8 Å². The molecule has 0 amide bonds. The largest absolute Gasteiger partial charge is 0.312 e. The molecule has 0 bridgehead atoms. The van der Waals surface area contributed by atoms with E-state index in [1.807, 2.05) is 6.07 Å². The normalized spacial score (nSPS) is 14.1. The summed E-state index contributed by atoms with van der Waals surface area (Å²) in [6.45, 7) is 34.9. The number of fused-ring (bicyclic) bond motifs is 3. The van der Waals surface area contributed by atoms with E-state index in [-0.39, 0.29) is 27.1 Å². The minimum absolute atomic E-state index is 0.0370. The molecule has 0 aliphatic heterocycles. The smallest absolute Gasteiger partial charge is 0.0543 e. The molecule has 0 spiro atoms. The van der Waals surface area contributed by atoms with E-state index >= 15 is 0 Å². The molecule has 294 valence electrons. The number of para-hydroxylation sites is 1. The summed E-state index contributed by atoms with van der Waals surface area (Å²) in [5.41, 5.74) is 19.8. The Balaban J connectivity index is 1.53. The van der Waals surface area contributed by atoms with Crippen LogP contribution < -0.4 is 0 Å². The van der Waals surface area contributed by atoms with Crippen molar-refractivity contribution < 1.29 is 0 Å². The molecule has 0 saturated carbocycles. The van der Waals surface area contributed by atoms with Gasteiger partial charge in [-0.25, -0.2) is 0 Å². The van der Waals surface area contributed by atoms with Crippen LogP contribution in [0.1, 0.15) is 155 Å². The van der Waals surface area contributed by atoms with E-state index in [4.69, 9.17) is 0 Å². The first-order chi connectivity index (χ1) is 26.4. The van der Waals surface area contributed by atoms with Crippen molar-refractivity contribution in [3.8, 4) is 27.9 Å². The molecular weight excluding hydrogens is 687 g/mol. The number of hydrogen-bond acceptors (Lipinski definition) is 0. The maximum Gasteiger partial charge on any atom is 0.0543 e. The van der Waals surface area contributed by atoms with Gasteiger partial charge < -0.3 is 4.57 Å². The summed E-state index contributed by atoms with van der Waals surface area (Å²) >= 11 is 0. The number of benzene rings is 4. The van der Waals surface area contributed by atoms with Crippen molar-refractivity contribution in [2.75, 3.05) is 0 Å². The first-order valence-electron chi connectivity index (χ1n) is 21.1. The molecule has 6 aromatic rings. The highest BCUT2D eigenvalue weighted by atomic mass is 15.0. The lowest BCUT2D eigenvalue weighted by atomic mass is 9.78. The SMILES string of the molecule is CC(C)(C)c1cc(C2=Cc3c(n(-c4ccccc4-c4c#cccc4C(C)(C)C)c4ccc(-c5cc(C(C)(C)C)cc(C(C)(C)C)c5)cc34)CC2)cc(C(C)(C)C)c1. The first-order valence-corrected chi connectivity index (χ1v) is 21.1. The Bertz CT molecular complexity index is 2450. The van der Waals surface area contributed by atoms with Gasteiger partial charge in [0.2, 0.25) is 0 Å². The van der Waals surface area contributed by atoms with Crippen molar-refractivity contribution in [2.24, 2.45) is 0 Å². The zero-order valence-electron chi connectivity index (χ0n) is 37.6. The number of nitrogens with zero attached hydrogens (tertiary/aromatic N) is 1. The van der Waals surface area contributed by atoms with Crippen molar-refractivity contribution in [2.45, 2.75) is 144 Å². The van der Waals surface area contributed by atoms with Crippen LogP contribution in [0.25, 0.3) is 50.5 Å². The molecule has 0 unspecified atom stereocenters. The summed E-state index contributed by atoms with van der Waals surface area (Å²) < 4.78 is 2.57. The van der Waals surface area contributed by atoms with Gasteiger partial charge in [-0.15, -0.1) is 0 Å². The third-order valence-electron chi connectivity index (χ3n) is 12.1. The van der Waals surface area contributed by atoms with Gasteiger partial charge in [-0.3, -0.25) is 0 Å². The molecule has 0 N–H and O–H groups in total. The van der Waals surface area contributed by atoms with E-state index in [2.05, 4.69) is 212 Å². The van der Waals surface area contributed by atoms with Gasteiger partial charge in [-0.05, 0) is 126 Å². The monoisotopic (exact) mass is 752 g/mol. The number of rotatable bonds is 4. The number of hydrogen-bond donors (Lipinski definition) is 0. The van der Waals surface area contributed by atoms with Crippen LogP contribution in [0.2, 0.25) is 0 Å². The highest BCUT2D eigenvalue weighted by Gasteiger charge is 2.28. The maximum absolute atomic E-state index is 3.57. The molecule has 0 radical (unpaired) electrons. The van der Waals surface area contributed by atoms with Crippen molar-refractivity contribution in [1.82, 2.24) is 4.57 Å². The van der Waals surface area contributed by atoms with Gasteiger partial charge in [0.25, 0.3) is 0 Å². The van der Waals surface area contributed by atoms with Crippen molar-refractivity contribution >= 4 is 22.6 Å². The average Bonchev–Trinajstić information content (AvgIpc) is 3.45. The molecule has 57 heavy (non-hydrogen) atoms. The molecule has 1 aliphatic rings. The Kier molecular flexibility index (Phi) is 9.88. The van der Waals surface area contributed by atoms with Gasteiger partial charge in [-0.2, -0.15) is 0 Å². The maximum atomic E-state index is 3.57. The standard InChI is InChI=1S/C56H65N/c1-52(2,3)40-28-38(29-41(34-40)53(4,5)6)36-24-26-50-46(32-36)47-33-37(39-30-42(54(7,8)9)35-43(31-39)55(10,11)12)25-27-51(47)57(50)49-23-19-17-21-45(49)44-20-16-18-22-48(44)56(13,14)15/h17-19,21-24,26,28-35H,25,27H2,1-15H3. The van der Waals surface area contributed by atoms with Crippen LogP contribution in [0.3, 0.4) is 0 Å². The molecule has 5 aromatic carbocycles. The molecule has 1 aromatic heterocycles. The van der Waals surface area contributed by atoms with E-state index in [0.29, 0.717) is 0 Å². The van der Waals surface area contributed by atoms with E-state index in [9.17, 15) is 0 Å². The molecule has 1 heterocycles. The molecule has 0 atom stereocenters. The molecule has 1 heteroatoms. The second-order valence-electron chi connectivity index (χ2n) is 21.9. The van der Waals surface area contributed by atoms with E-state index < -0.39 is 0 Å². The molecule has 1 nitrogen and oxygen atoms in total. The Labute approximate surface area is 345 Å². The fourth-order valence-electron chi connectivity index (χ4n) is 8.40. The lowest BCUT2D eigenvalue weighted by molar-refractivity contribution is 0.568. The fraction of sp³-hybridized carbons (Fsp3) is 0.393. The van der Waals surface area contributed by atoms with Gasteiger partial charge in [-0.1, -0.05) is 177 Å². The Hall–Kier alpha value is -4.80. The lowest BCUT2D eigenvalue weighted by Crippen LogP contribution is -2.17. The summed E-state index contributed by atoms with van der Waals surface area (Å²) in [5.74, 6) is 0. The highest BCUT2D eigenvalue weighted by Crippen LogP contribution is 2.44. The third kappa shape index (κ3) is 7.91. The number of allylic oxidation sites excluding steroid dienone is 1. The summed E-state index contributed by atoms with van der Waals surface area (Å²) in [6, 6.07) is 41.9. The minimum atomic E-state index is -0.0419. The predicted octanol–water partition coefficient (Wildman–Crippen LogP) is 15.5. The molecule has 7 rings (SSSR count). The Morgan fingerprint density at radius 3 is 1.60 bits per heavy atom. The van der Waals surface area contributed by atoms with Crippen molar-refractivity contribution in [3.63, 3.8) is 0 Å². The van der Waals surface area contributed by atoms with Crippen LogP contribution in [-0.2, 0) is 33.5 Å². The summed E-state index contributed by atoms with van der Waals surface area (Å²) in [7, 11) is 0. The molecular formula is C56H65N. The second-order valence-corrected chi connectivity index (χ2v) is 21.9. The summed E-state index contributed by atoms with van der Waals surface area (Å²) in [4.78, 5) is 0. The zero-order chi connectivity index (χ0) is 41.5. The highest BCUT2D eigenvalue weighted by molar-refractivity contribution is 6.01. The van der Waals surface area contributed by atoms with E-state index in [1.165, 1.54) is 83.5 Å². The number of aromatic nitrogens is 1. The second kappa shape index (κ2) is 13.9. The van der Waals surface area contributed by atoms with Crippen LogP contribution in [0, 0.1) is 12.1 Å². The Morgan fingerprint density at radius 2 is 1.05 bits per heavy atom. The summed E-state index contributed by atoms with van der Waals surface area (Å²) in [5, 5.41) is 1.30. The van der Waals surface area contributed by atoms with Crippen LogP contribution in [0.5, 0.6) is 0 Å². The Morgan fingerprint density at radius 1 is 0.509 bits per heavy atom. The first kappa shape index (κ1) is 40.4. The van der Waals surface area contributed by atoms with Gasteiger partial charge >= 0.3 is 0 Å². The van der Waals surface area contributed by atoms with Crippen LogP contribution in [0.4, 0.5) is 0 Å². The van der Waals surface area contributed by atoms with Crippen molar-refractivity contribution in [3.05, 3.63) is 148 Å². The topological polar surface area (TPSA) is 4.93 Å². The van der Waals surface area contributed by atoms with Gasteiger partial charge in [0.15, 0.2) is 0 Å². The van der Waals surface area contributed by atoms with Crippen LogP contribution in [0.15, 0.2) is 91.0 Å².